The number of urea groups is 1. The molecule has 11 heteroatoms. The van der Waals surface area contributed by atoms with Crippen molar-refractivity contribution in [1.29, 1.82) is 0 Å². The molecule has 0 radical (unpaired) electrons. The summed E-state index contributed by atoms with van der Waals surface area (Å²) in [6.45, 7) is 5.69. The van der Waals surface area contributed by atoms with Crippen LogP contribution in [0, 0.1) is 5.41 Å². The second-order valence-corrected chi connectivity index (χ2v) is 11.0. The highest BCUT2D eigenvalue weighted by atomic mass is 32.1. The topological polar surface area (TPSA) is 120 Å². The van der Waals surface area contributed by atoms with Gasteiger partial charge in [0.05, 0.1) is 26.2 Å². The molecule has 0 atom stereocenters. The van der Waals surface area contributed by atoms with Gasteiger partial charge in [-0.3, -0.25) is 15.1 Å². The highest BCUT2D eigenvalue weighted by Gasteiger charge is 2.40. The van der Waals surface area contributed by atoms with Crippen LogP contribution in [0.4, 0.5) is 15.1 Å². The summed E-state index contributed by atoms with van der Waals surface area (Å²) in [5, 5.41) is 16.7. The average Bonchev–Trinajstić information content (AvgIpc) is 3.56. The number of thiazole rings is 2. The van der Waals surface area contributed by atoms with Crippen LogP contribution in [0.15, 0.2) is 42.7 Å². The number of carboxylic acid groups (broad SMARTS) is 1. The van der Waals surface area contributed by atoms with Crippen molar-refractivity contribution in [3.63, 3.8) is 0 Å². The van der Waals surface area contributed by atoms with Crippen molar-refractivity contribution in [2.24, 2.45) is 5.41 Å². The van der Waals surface area contributed by atoms with Crippen molar-refractivity contribution in [2.45, 2.75) is 33.1 Å². The Morgan fingerprint density at radius 1 is 1.14 bits per heavy atom. The minimum absolute atomic E-state index is 0.287. The molecule has 1 aliphatic heterocycles. The zero-order chi connectivity index (χ0) is 26.0. The van der Waals surface area contributed by atoms with E-state index in [1.807, 2.05) is 44.3 Å². The number of benzene rings is 1. The van der Waals surface area contributed by atoms with Gasteiger partial charge in [0.25, 0.3) is 0 Å². The zero-order valence-electron chi connectivity index (χ0n) is 20.7. The van der Waals surface area contributed by atoms with Gasteiger partial charge in [-0.2, -0.15) is 0 Å². The van der Waals surface area contributed by atoms with Crippen molar-refractivity contribution in [2.75, 3.05) is 29.9 Å². The van der Waals surface area contributed by atoms with E-state index in [0.717, 1.165) is 37.0 Å². The quantitative estimate of drug-likeness (QED) is 0.277. The molecule has 0 bridgehead atoms. The maximum absolute atomic E-state index is 12.1. The summed E-state index contributed by atoms with van der Waals surface area (Å²) in [5.74, 6) is -0.700. The Morgan fingerprint density at radius 2 is 1.95 bits per heavy atom. The van der Waals surface area contributed by atoms with E-state index in [1.54, 1.807) is 17.5 Å². The van der Waals surface area contributed by atoms with Gasteiger partial charge < -0.3 is 15.3 Å². The minimum atomic E-state index is -0.700. The Kier molecular flexibility index (Phi) is 7.07. The fraction of sp³-hybridized carbons (Fsp3) is 0.346. The molecular formula is C26H28N6O3S2. The minimum Gasteiger partial charge on any atom is -0.481 e. The SMILES string of the molecule is CCNC(=O)Nc1nc2cc(-c3cnc(N4CCC(CC)(C(=O)O)CC4)s3)cc(-c3ccccn3)c2s1. The van der Waals surface area contributed by atoms with E-state index in [-0.39, 0.29) is 6.03 Å². The number of carbonyl (C=O) groups is 2. The number of hydrogen-bond donors (Lipinski definition) is 3. The van der Waals surface area contributed by atoms with Crippen LogP contribution < -0.4 is 15.5 Å². The van der Waals surface area contributed by atoms with Gasteiger partial charge in [-0.25, -0.2) is 14.8 Å². The van der Waals surface area contributed by atoms with Gasteiger partial charge in [0.1, 0.15) is 0 Å². The van der Waals surface area contributed by atoms with Gasteiger partial charge in [0.2, 0.25) is 0 Å². The molecule has 0 saturated carbocycles. The predicted molar refractivity (Wildman–Crippen MR) is 148 cm³/mol. The fourth-order valence-electron chi connectivity index (χ4n) is 4.63. The molecule has 9 nitrogen and oxygen atoms in total. The van der Waals surface area contributed by atoms with Crippen LogP contribution in [0.1, 0.15) is 33.1 Å². The lowest BCUT2D eigenvalue weighted by Crippen LogP contribution is -2.44. The van der Waals surface area contributed by atoms with Gasteiger partial charge in [-0.15, -0.1) is 0 Å². The Hall–Kier alpha value is -3.57. The number of rotatable bonds is 7. The molecular weight excluding hydrogens is 508 g/mol. The summed E-state index contributed by atoms with van der Waals surface area (Å²) in [7, 11) is 0. The average molecular weight is 537 g/mol. The van der Waals surface area contributed by atoms with E-state index in [4.69, 9.17) is 0 Å². The highest BCUT2D eigenvalue weighted by Crippen LogP contribution is 2.42. The van der Waals surface area contributed by atoms with Crippen molar-refractivity contribution in [1.82, 2.24) is 20.3 Å². The van der Waals surface area contributed by atoms with Crippen LogP contribution in [0.25, 0.3) is 31.9 Å². The summed E-state index contributed by atoms with van der Waals surface area (Å²) in [5.41, 5.74) is 2.88. The molecule has 0 unspecified atom stereocenters. The summed E-state index contributed by atoms with van der Waals surface area (Å²) < 4.78 is 0.944. The summed E-state index contributed by atoms with van der Waals surface area (Å²) in [6, 6.07) is 9.61. The second kappa shape index (κ2) is 10.4. The molecule has 0 spiro atoms. The number of pyridine rings is 1. The molecule has 3 aromatic heterocycles. The van der Waals surface area contributed by atoms with Crippen molar-refractivity contribution < 1.29 is 14.7 Å². The Labute approximate surface area is 222 Å². The van der Waals surface area contributed by atoms with Crippen LogP contribution >= 0.6 is 22.7 Å². The van der Waals surface area contributed by atoms with Gasteiger partial charge in [-0.05, 0) is 56.0 Å². The molecule has 1 aromatic carbocycles. The number of aromatic nitrogens is 3. The number of aliphatic carboxylic acids is 1. The van der Waals surface area contributed by atoms with Crippen LogP contribution in [-0.2, 0) is 4.79 Å². The molecule has 3 N–H and O–H groups in total. The first-order valence-electron chi connectivity index (χ1n) is 12.3. The third-order valence-electron chi connectivity index (χ3n) is 6.89. The molecule has 1 saturated heterocycles. The van der Waals surface area contributed by atoms with E-state index < -0.39 is 11.4 Å². The maximum atomic E-state index is 12.1. The molecule has 192 valence electrons. The number of hydrogen-bond acceptors (Lipinski definition) is 8. The van der Waals surface area contributed by atoms with Gasteiger partial charge >= 0.3 is 12.0 Å². The molecule has 2 amide bonds. The zero-order valence-corrected chi connectivity index (χ0v) is 22.3. The third kappa shape index (κ3) is 5.01. The lowest BCUT2D eigenvalue weighted by atomic mass is 9.76. The van der Waals surface area contributed by atoms with Crippen molar-refractivity contribution in [3.05, 3.63) is 42.7 Å². The molecule has 1 aliphatic rings. The Balaban J connectivity index is 1.47. The van der Waals surface area contributed by atoms with E-state index in [2.05, 4.69) is 36.6 Å². The monoisotopic (exact) mass is 536 g/mol. The number of fused-ring (bicyclic) bond motifs is 1. The molecule has 37 heavy (non-hydrogen) atoms. The predicted octanol–water partition coefficient (Wildman–Crippen LogP) is 5.70. The number of amides is 2. The third-order valence-corrected chi connectivity index (χ3v) is 9.02. The first kappa shape index (κ1) is 25.1. The maximum Gasteiger partial charge on any atom is 0.321 e. The number of anilines is 2. The molecule has 5 rings (SSSR count). The number of piperidine rings is 1. The summed E-state index contributed by atoms with van der Waals surface area (Å²) in [4.78, 5) is 41.0. The number of nitrogens with zero attached hydrogens (tertiary/aromatic N) is 4. The highest BCUT2D eigenvalue weighted by molar-refractivity contribution is 7.23. The first-order valence-corrected chi connectivity index (χ1v) is 13.9. The van der Waals surface area contributed by atoms with E-state index in [1.165, 1.54) is 11.3 Å². The van der Waals surface area contributed by atoms with Gasteiger partial charge in [0.15, 0.2) is 10.3 Å². The van der Waals surface area contributed by atoms with Crippen LogP contribution in [0.3, 0.4) is 0 Å². The Morgan fingerprint density at radius 3 is 2.62 bits per heavy atom. The van der Waals surface area contributed by atoms with Gasteiger partial charge in [0, 0.05) is 37.6 Å². The smallest absolute Gasteiger partial charge is 0.321 e. The summed E-state index contributed by atoms with van der Waals surface area (Å²) in [6.07, 6.45) is 5.49. The Bertz CT molecular complexity index is 1430. The second-order valence-electron chi connectivity index (χ2n) is 9.02. The number of carbonyl (C=O) groups excluding carboxylic acids is 1. The van der Waals surface area contributed by atoms with Crippen molar-refractivity contribution in [3.8, 4) is 21.7 Å². The largest absolute Gasteiger partial charge is 0.481 e. The molecule has 0 aliphatic carbocycles. The van der Waals surface area contributed by atoms with Crippen LogP contribution in [0.5, 0.6) is 0 Å². The number of carboxylic acids is 1. The molecule has 4 aromatic rings. The normalized spacial score (nSPS) is 15.0. The van der Waals surface area contributed by atoms with Crippen LogP contribution in [0.2, 0.25) is 0 Å². The number of nitrogens with one attached hydrogen (secondary N) is 2. The van der Waals surface area contributed by atoms with E-state index >= 15 is 0 Å². The van der Waals surface area contributed by atoms with Crippen molar-refractivity contribution >= 4 is 55.2 Å². The lowest BCUT2D eigenvalue weighted by molar-refractivity contribution is -0.150. The molecule has 1 fully saturated rings. The first-order chi connectivity index (χ1) is 17.9. The fourth-order valence-corrected chi connectivity index (χ4v) is 6.55. The summed E-state index contributed by atoms with van der Waals surface area (Å²) >= 11 is 3.01. The van der Waals surface area contributed by atoms with E-state index in [0.29, 0.717) is 44.0 Å². The lowest BCUT2D eigenvalue weighted by Gasteiger charge is -2.38. The molecule has 4 heterocycles. The van der Waals surface area contributed by atoms with E-state index in [9.17, 15) is 14.7 Å². The van der Waals surface area contributed by atoms with Crippen LogP contribution in [-0.4, -0.2) is 51.7 Å². The van der Waals surface area contributed by atoms with Gasteiger partial charge in [-0.1, -0.05) is 35.7 Å². The standard InChI is InChI=1S/C26H28N6O3S2/c1-3-26(22(33)34)8-11-32(12-9-26)25-29-15-20(36-25)16-13-17(18-7-5-6-10-28-18)21-19(14-16)30-24(37-21)31-23(35)27-4-2/h5-7,10,13-15H,3-4,8-9,11-12H2,1-2H3,(H,33,34)(H2,27,30,31,35).